The van der Waals surface area contributed by atoms with Gasteiger partial charge in [-0.2, -0.15) is 5.26 Å². The summed E-state index contributed by atoms with van der Waals surface area (Å²) in [5.74, 6) is -0.299. The van der Waals surface area contributed by atoms with E-state index >= 15 is 0 Å². The molecule has 0 amide bonds. The summed E-state index contributed by atoms with van der Waals surface area (Å²) in [5, 5.41) is 8.18. The molecule has 1 aromatic rings. The normalized spacial score (nSPS) is 9.08. The maximum Gasteiger partial charge on any atom is 0.174 e. The molecule has 0 aliphatic rings. The van der Waals surface area contributed by atoms with Gasteiger partial charge in [0.15, 0.2) is 18.2 Å². The molecule has 1 rings (SSSR count). The van der Waals surface area contributed by atoms with E-state index in [-0.39, 0.29) is 12.4 Å². The van der Waals surface area contributed by atoms with Crippen molar-refractivity contribution >= 4 is 0 Å². The predicted molar refractivity (Wildman–Crippen MR) is 42.2 cm³/mol. The fraction of sp³-hybridized carbons (Fsp3) is 0.222. The Labute approximate surface area is 70.2 Å². The first-order valence-corrected chi connectivity index (χ1v) is 3.50. The maximum absolute atomic E-state index is 12.9. The molecule has 0 fully saturated rings. The molecule has 62 valence electrons. The molecule has 3 heteroatoms. The summed E-state index contributed by atoms with van der Waals surface area (Å²) in [5.41, 5.74) is 0.830. The van der Waals surface area contributed by atoms with E-state index in [0.717, 1.165) is 5.56 Å². The highest BCUT2D eigenvalue weighted by atomic mass is 19.1. The van der Waals surface area contributed by atoms with Crippen LogP contribution in [-0.4, -0.2) is 6.61 Å². The molecule has 1 aromatic carbocycles. The lowest BCUT2D eigenvalue weighted by Gasteiger charge is -2.02. The zero-order valence-electron chi connectivity index (χ0n) is 6.67. The number of ether oxygens (including phenoxy) is 1. The first kappa shape index (κ1) is 8.54. The van der Waals surface area contributed by atoms with E-state index in [0.29, 0.717) is 0 Å². The third-order valence-corrected chi connectivity index (χ3v) is 1.38. The Balaban J connectivity index is 2.81. The SMILES string of the molecule is Cc1ccc(OCC#N)c(F)c1. The van der Waals surface area contributed by atoms with Gasteiger partial charge in [0.05, 0.1) is 0 Å². The number of nitrogens with zero attached hydrogens (tertiary/aromatic N) is 1. The van der Waals surface area contributed by atoms with Crippen molar-refractivity contribution in [3.8, 4) is 11.8 Å². The number of benzene rings is 1. The van der Waals surface area contributed by atoms with Crippen LogP contribution in [0.1, 0.15) is 5.56 Å². The van der Waals surface area contributed by atoms with E-state index in [1.807, 2.05) is 0 Å². The van der Waals surface area contributed by atoms with Gasteiger partial charge >= 0.3 is 0 Å². The standard InChI is InChI=1S/C9H8FNO/c1-7-2-3-9(8(10)6-7)12-5-4-11/h2-3,6H,5H2,1H3. The summed E-state index contributed by atoms with van der Waals surface area (Å²) in [6.45, 7) is 1.66. The number of hydrogen-bond acceptors (Lipinski definition) is 2. The average Bonchev–Trinajstić information content (AvgIpc) is 2.03. The maximum atomic E-state index is 12.9. The molecule has 0 heterocycles. The minimum atomic E-state index is -0.426. The molecule has 0 spiro atoms. The van der Waals surface area contributed by atoms with Gasteiger partial charge in [0.2, 0.25) is 0 Å². The van der Waals surface area contributed by atoms with Gasteiger partial charge in [-0.05, 0) is 24.6 Å². The second kappa shape index (κ2) is 3.72. The lowest BCUT2D eigenvalue weighted by molar-refractivity contribution is 0.346. The fourth-order valence-electron chi connectivity index (χ4n) is 0.833. The average molecular weight is 165 g/mol. The van der Waals surface area contributed by atoms with Gasteiger partial charge in [-0.1, -0.05) is 6.07 Å². The van der Waals surface area contributed by atoms with Crippen molar-refractivity contribution in [2.24, 2.45) is 0 Å². The Kier molecular flexibility index (Phi) is 2.65. The Morgan fingerprint density at radius 3 is 2.92 bits per heavy atom. The molecule has 0 bridgehead atoms. The van der Waals surface area contributed by atoms with Crippen LogP contribution in [0.5, 0.6) is 5.75 Å². The second-order valence-electron chi connectivity index (χ2n) is 2.38. The molecular weight excluding hydrogens is 157 g/mol. The number of nitriles is 1. The van der Waals surface area contributed by atoms with Gasteiger partial charge in [0.25, 0.3) is 0 Å². The van der Waals surface area contributed by atoms with Gasteiger partial charge in [0, 0.05) is 0 Å². The van der Waals surface area contributed by atoms with E-state index in [1.165, 1.54) is 12.1 Å². The molecule has 0 aliphatic carbocycles. The quantitative estimate of drug-likeness (QED) is 0.671. The summed E-state index contributed by atoms with van der Waals surface area (Å²) in [7, 11) is 0. The summed E-state index contributed by atoms with van der Waals surface area (Å²) in [6.07, 6.45) is 0. The summed E-state index contributed by atoms with van der Waals surface area (Å²) in [4.78, 5) is 0. The van der Waals surface area contributed by atoms with Gasteiger partial charge in [-0.25, -0.2) is 4.39 Å². The van der Waals surface area contributed by atoms with Crippen molar-refractivity contribution in [3.63, 3.8) is 0 Å². The second-order valence-corrected chi connectivity index (χ2v) is 2.38. The number of halogens is 1. The lowest BCUT2D eigenvalue weighted by atomic mass is 10.2. The molecule has 0 unspecified atom stereocenters. The van der Waals surface area contributed by atoms with Gasteiger partial charge < -0.3 is 4.74 Å². The smallest absolute Gasteiger partial charge is 0.174 e. The van der Waals surface area contributed by atoms with E-state index in [2.05, 4.69) is 0 Å². The van der Waals surface area contributed by atoms with Crippen LogP contribution in [0.25, 0.3) is 0 Å². The third-order valence-electron chi connectivity index (χ3n) is 1.38. The molecule has 0 aromatic heterocycles. The van der Waals surface area contributed by atoms with Gasteiger partial charge in [-0.15, -0.1) is 0 Å². The Hall–Kier alpha value is -1.56. The van der Waals surface area contributed by atoms with Crippen molar-refractivity contribution in [2.75, 3.05) is 6.61 Å². The number of aryl methyl sites for hydroxylation is 1. The summed E-state index contributed by atoms with van der Waals surface area (Å²) < 4.78 is 17.7. The highest BCUT2D eigenvalue weighted by molar-refractivity contribution is 5.28. The minimum absolute atomic E-state index is 0.125. The first-order chi connectivity index (χ1) is 5.74. The van der Waals surface area contributed by atoms with E-state index in [4.69, 9.17) is 10.00 Å². The van der Waals surface area contributed by atoms with Crippen LogP contribution in [0.3, 0.4) is 0 Å². The lowest BCUT2D eigenvalue weighted by Crippen LogP contribution is -1.95. The van der Waals surface area contributed by atoms with Crippen LogP contribution in [-0.2, 0) is 0 Å². The summed E-state index contributed by atoms with van der Waals surface area (Å²) >= 11 is 0. The van der Waals surface area contributed by atoms with E-state index in [9.17, 15) is 4.39 Å². The molecule has 0 saturated heterocycles. The third kappa shape index (κ3) is 1.96. The van der Waals surface area contributed by atoms with Crippen molar-refractivity contribution < 1.29 is 9.13 Å². The molecule has 0 N–H and O–H groups in total. The van der Waals surface area contributed by atoms with Crippen molar-refractivity contribution in [1.82, 2.24) is 0 Å². The molecule has 2 nitrogen and oxygen atoms in total. The van der Waals surface area contributed by atoms with Crippen molar-refractivity contribution in [2.45, 2.75) is 6.92 Å². The van der Waals surface area contributed by atoms with E-state index in [1.54, 1.807) is 19.1 Å². The molecular formula is C9H8FNO. The Bertz CT molecular complexity index is 317. The highest BCUT2D eigenvalue weighted by Crippen LogP contribution is 2.17. The van der Waals surface area contributed by atoms with Crippen LogP contribution >= 0.6 is 0 Å². The first-order valence-electron chi connectivity index (χ1n) is 3.50. The molecule has 0 atom stereocenters. The number of rotatable bonds is 2. The zero-order valence-corrected chi connectivity index (χ0v) is 6.67. The molecule has 0 saturated carbocycles. The monoisotopic (exact) mass is 165 g/mol. The van der Waals surface area contributed by atoms with Crippen LogP contribution < -0.4 is 4.74 Å². The minimum Gasteiger partial charge on any atom is -0.476 e. The Morgan fingerprint density at radius 2 is 2.33 bits per heavy atom. The molecule has 0 radical (unpaired) electrons. The molecule has 0 aliphatic heterocycles. The fourth-order valence-corrected chi connectivity index (χ4v) is 0.833. The summed E-state index contributed by atoms with van der Waals surface area (Å²) in [6, 6.07) is 6.38. The van der Waals surface area contributed by atoms with Crippen LogP contribution in [0, 0.1) is 24.1 Å². The van der Waals surface area contributed by atoms with Crippen LogP contribution in [0.4, 0.5) is 4.39 Å². The van der Waals surface area contributed by atoms with Crippen LogP contribution in [0.15, 0.2) is 18.2 Å². The highest BCUT2D eigenvalue weighted by Gasteiger charge is 2.01. The Morgan fingerprint density at radius 1 is 1.58 bits per heavy atom. The van der Waals surface area contributed by atoms with Crippen molar-refractivity contribution in [1.29, 1.82) is 5.26 Å². The van der Waals surface area contributed by atoms with Gasteiger partial charge in [-0.3, -0.25) is 0 Å². The topological polar surface area (TPSA) is 33.0 Å². The van der Waals surface area contributed by atoms with Crippen molar-refractivity contribution in [3.05, 3.63) is 29.6 Å². The predicted octanol–water partition coefficient (Wildman–Crippen LogP) is 2.04. The largest absolute Gasteiger partial charge is 0.476 e. The molecule has 12 heavy (non-hydrogen) atoms. The van der Waals surface area contributed by atoms with Crippen LogP contribution in [0.2, 0.25) is 0 Å². The van der Waals surface area contributed by atoms with E-state index < -0.39 is 5.82 Å². The van der Waals surface area contributed by atoms with Gasteiger partial charge in [0.1, 0.15) is 6.07 Å². The zero-order chi connectivity index (χ0) is 8.97. The number of hydrogen-bond donors (Lipinski definition) is 0.